The van der Waals surface area contributed by atoms with Crippen LogP contribution in [0.2, 0.25) is 0 Å². The molecule has 1 aliphatic rings. The highest BCUT2D eigenvalue weighted by molar-refractivity contribution is 7.12. The minimum absolute atomic E-state index is 0. The topological polar surface area (TPSA) is 88.3 Å². The van der Waals surface area contributed by atoms with Gasteiger partial charge in [0, 0.05) is 6.54 Å². The number of rotatable bonds is 3. The number of nitrogens with zero attached hydrogens (tertiary/aromatic N) is 2. The maximum absolute atomic E-state index is 12.6. The van der Waals surface area contributed by atoms with Crippen LogP contribution in [0.4, 0.5) is 11.5 Å². The predicted molar refractivity (Wildman–Crippen MR) is 97.5 cm³/mol. The molecule has 24 heavy (non-hydrogen) atoms. The first-order valence-corrected chi connectivity index (χ1v) is 8.40. The van der Waals surface area contributed by atoms with Crippen LogP contribution in [-0.4, -0.2) is 34.3 Å². The third kappa shape index (κ3) is 4.04. The van der Waals surface area contributed by atoms with Gasteiger partial charge in [0.1, 0.15) is 11.9 Å². The van der Waals surface area contributed by atoms with Crippen LogP contribution in [0.5, 0.6) is 0 Å². The van der Waals surface area contributed by atoms with E-state index < -0.39 is 6.04 Å². The number of carbonyl (C=O) groups excluding carboxylic acids is 2. The second-order valence-electron chi connectivity index (χ2n) is 5.45. The number of aromatic nitrogens is 1. The van der Waals surface area contributed by atoms with Gasteiger partial charge in [-0.3, -0.25) is 9.59 Å². The maximum Gasteiger partial charge on any atom is 0.264 e. The Labute approximate surface area is 150 Å². The van der Waals surface area contributed by atoms with Crippen molar-refractivity contribution in [1.29, 1.82) is 0 Å². The fourth-order valence-corrected chi connectivity index (χ4v) is 3.37. The average Bonchev–Trinajstić information content (AvgIpc) is 3.11. The number of pyridine rings is 1. The monoisotopic (exact) mass is 366 g/mol. The largest absolute Gasteiger partial charge is 0.384 e. The average molecular weight is 367 g/mol. The van der Waals surface area contributed by atoms with E-state index >= 15 is 0 Å². The number of halogens is 1. The molecule has 1 saturated heterocycles. The zero-order chi connectivity index (χ0) is 16.2. The SMILES string of the molecule is Cl.Nc1ccc(NC(=O)C2CCCCN2C(=O)c2cccs2)cn1. The summed E-state index contributed by atoms with van der Waals surface area (Å²) in [5, 5.41) is 4.69. The molecule has 0 bridgehead atoms. The second-order valence-corrected chi connectivity index (χ2v) is 6.40. The number of piperidine rings is 1. The van der Waals surface area contributed by atoms with Gasteiger partial charge in [0.2, 0.25) is 5.91 Å². The van der Waals surface area contributed by atoms with E-state index in [4.69, 9.17) is 5.73 Å². The predicted octanol–water partition coefficient (Wildman–Crippen LogP) is 2.78. The second kappa shape index (κ2) is 8.12. The van der Waals surface area contributed by atoms with E-state index in [9.17, 15) is 9.59 Å². The van der Waals surface area contributed by atoms with Gasteiger partial charge >= 0.3 is 0 Å². The Kier molecular flexibility index (Phi) is 6.16. The summed E-state index contributed by atoms with van der Waals surface area (Å²) in [5.74, 6) is 0.145. The third-order valence-corrected chi connectivity index (χ3v) is 4.71. The van der Waals surface area contributed by atoms with Crippen molar-refractivity contribution in [2.75, 3.05) is 17.6 Å². The number of carbonyl (C=O) groups is 2. The van der Waals surface area contributed by atoms with Gasteiger partial charge in [0.25, 0.3) is 5.91 Å². The van der Waals surface area contributed by atoms with Crippen molar-refractivity contribution in [3.05, 3.63) is 40.7 Å². The quantitative estimate of drug-likeness (QED) is 0.874. The number of thiophene rings is 1. The van der Waals surface area contributed by atoms with Gasteiger partial charge in [-0.1, -0.05) is 6.07 Å². The van der Waals surface area contributed by atoms with E-state index in [-0.39, 0.29) is 24.2 Å². The molecule has 1 unspecified atom stereocenters. The van der Waals surface area contributed by atoms with E-state index in [1.165, 1.54) is 17.5 Å². The van der Waals surface area contributed by atoms with Gasteiger partial charge in [0.15, 0.2) is 0 Å². The number of nitrogens with two attached hydrogens (primary N) is 1. The smallest absolute Gasteiger partial charge is 0.264 e. The molecule has 3 N–H and O–H groups in total. The van der Waals surface area contributed by atoms with Gasteiger partial charge in [-0.15, -0.1) is 23.7 Å². The molecule has 3 rings (SSSR count). The highest BCUT2D eigenvalue weighted by atomic mass is 35.5. The summed E-state index contributed by atoms with van der Waals surface area (Å²) in [4.78, 5) is 31.5. The molecular weight excluding hydrogens is 348 g/mol. The lowest BCUT2D eigenvalue weighted by molar-refractivity contribution is -0.121. The molecule has 8 heteroatoms. The molecule has 1 fully saturated rings. The summed E-state index contributed by atoms with van der Waals surface area (Å²) in [6, 6.07) is 6.52. The lowest BCUT2D eigenvalue weighted by atomic mass is 10.0. The lowest BCUT2D eigenvalue weighted by Gasteiger charge is -2.34. The molecule has 1 aliphatic heterocycles. The van der Waals surface area contributed by atoms with Crippen LogP contribution in [0, 0.1) is 0 Å². The van der Waals surface area contributed by atoms with Crippen LogP contribution in [0.3, 0.4) is 0 Å². The van der Waals surface area contributed by atoms with Gasteiger partial charge < -0.3 is 16.0 Å². The summed E-state index contributed by atoms with van der Waals surface area (Å²) in [6.07, 6.45) is 4.05. The minimum atomic E-state index is -0.448. The number of hydrogen-bond acceptors (Lipinski definition) is 5. The zero-order valence-corrected chi connectivity index (χ0v) is 14.6. The number of amides is 2. The Morgan fingerprint density at radius 3 is 2.79 bits per heavy atom. The summed E-state index contributed by atoms with van der Waals surface area (Å²) in [7, 11) is 0. The fourth-order valence-electron chi connectivity index (χ4n) is 2.69. The summed E-state index contributed by atoms with van der Waals surface area (Å²) in [6.45, 7) is 0.606. The van der Waals surface area contributed by atoms with Crippen molar-refractivity contribution in [2.45, 2.75) is 25.3 Å². The van der Waals surface area contributed by atoms with Crippen molar-refractivity contribution in [2.24, 2.45) is 0 Å². The molecule has 2 aromatic rings. The fraction of sp³-hybridized carbons (Fsp3) is 0.312. The first kappa shape index (κ1) is 18.2. The van der Waals surface area contributed by atoms with Crippen molar-refractivity contribution >= 4 is 47.1 Å². The minimum Gasteiger partial charge on any atom is -0.384 e. The third-order valence-electron chi connectivity index (χ3n) is 3.85. The zero-order valence-electron chi connectivity index (χ0n) is 13.0. The number of nitrogens with one attached hydrogen (secondary N) is 1. The molecule has 128 valence electrons. The number of likely N-dealkylation sites (tertiary alicyclic amines) is 1. The van der Waals surface area contributed by atoms with Crippen LogP contribution in [0.15, 0.2) is 35.8 Å². The van der Waals surface area contributed by atoms with E-state index in [0.29, 0.717) is 29.3 Å². The van der Waals surface area contributed by atoms with Crippen LogP contribution in [-0.2, 0) is 4.79 Å². The van der Waals surface area contributed by atoms with Crippen LogP contribution < -0.4 is 11.1 Å². The highest BCUT2D eigenvalue weighted by Gasteiger charge is 2.33. The molecule has 0 aliphatic carbocycles. The molecule has 6 nitrogen and oxygen atoms in total. The standard InChI is InChI=1S/C16H18N4O2S.ClH/c17-14-7-6-11(10-18-14)19-15(21)12-4-1-2-8-20(12)16(22)13-5-3-9-23-13;/h3,5-7,9-10,12H,1-2,4,8H2,(H2,17,18)(H,19,21);1H. The van der Waals surface area contributed by atoms with Crippen molar-refractivity contribution in [3.8, 4) is 0 Å². The van der Waals surface area contributed by atoms with Gasteiger partial charge in [0.05, 0.1) is 16.8 Å². The van der Waals surface area contributed by atoms with Crippen LogP contribution in [0.25, 0.3) is 0 Å². The molecular formula is C16H19ClN4O2S. The number of hydrogen-bond donors (Lipinski definition) is 2. The van der Waals surface area contributed by atoms with E-state index in [0.717, 1.165) is 12.8 Å². The molecule has 0 spiro atoms. The summed E-state index contributed by atoms with van der Waals surface area (Å²) in [5.41, 5.74) is 6.12. The normalized spacial score (nSPS) is 17.0. The van der Waals surface area contributed by atoms with E-state index in [1.54, 1.807) is 23.1 Å². The molecule has 1 atom stereocenters. The van der Waals surface area contributed by atoms with Gasteiger partial charge in [-0.2, -0.15) is 0 Å². The van der Waals surface area contributed by atoms with E-state index in [2.05, 4.69) is 10.3 Å². The van der Waals surface area contributed by atoms with E-state index in [1.807, 2.05) is 11.4 Å². The Balaban J connectivity index is 0.00000208. The molecule has 2 aromatic heterocycles. The lowest BCUT2D eigenvalue weighted by Crippen LogP contribution is -2.49. The Morgan fingerprint density at radius 2 is 2.12 bits per heavy atom. The first-order chi connectivity index (χ1) is 11.1. The molecule has 0 radical (unpaired) electrons. The molecule has 3 heterocycles. The highest BCUT2D eigenvalue weighted by Crippen LogP contribution is 2.23. The Hall–Kier alpha value is -2.12. The number of anilines is 2. The Bertz CT molecular complexity index is 691. The molecule has 0 aromatic carbocycles. The van der Waals surface area contributed by atoms with Crippen LogP contribution >= 0.6 is 23.7 Å². The summed E-state index contributed by atoms with van der Waals surface area (Å²) < 4.78 is 0. The van der Waals surface area contributed by atoms with Crippen molar-refractivity contribution in [1.82, 2.24) is 9.88 Å². The van der Waals surface area contributed by atoms with Crippen LogP contribution in [0.1, 0.15) is 28.9 Å². The van der Waals surface area contributed by atoms with Crippen molar-refractivity contribution in [3.63, 3.8) is 0 Å². The number of nitrogen functional groups attached to an aromatic ring is 1. The molecule has 2 amide bonds. The first-order valence-electron chi connectivity index (χ1n) is 7.52. The van der Waals surface area contributed by atoms with Gasteiger partial charge in [-0.25, -0.2) is 4.98 Å². The summed E-state index contributed by atoms with van der Waals surface area (Å²) >= 11 is 1.40. The Morgan fingerprint density at radius 1 is 1.29 bits per heavy atom. The van der Waals surface area contributed by atoms with Gasteiger partial charge in [-0.05, 0) is 42.8 Å². The maximum atomic E-state index is 12.6. The molecule has 0 saturated carbocycles. The van der Waals surface area contributed by atoms with Crippen molar-refractivity contribution < 1.29 is 9.59 Å².